The van der Waals surface area contributed by atoms with Crippen LogP contribution < -0.4 is 9.62 Å². The zero-order chi connectivity index (χ0) is 28.6. The number of amides is 2. The Hall–Kier alpha value is -2.59. The molecule has 1 N–H and O–H groups in total. The van der Waals surface area contributed by atoms with E-state index in [0.717, 1.165) is 10.7 Å². The number of nitrogens with one attached hydrogen (secondary N) is 1. The summed E-state index contributed by atoms with van der Waals surface area (Å²) in [7, 11) is -4.14. The molecule has 2 amide bonds. The molecule has 208 valence electrons. The number of anilines is 1. The van der Waals surface area contributed by atoms with Crippen molar-refractivity contribution in [1.82, 2.24) is 10.2 Å². The third-order valence-corrected chi connectivity index (χ3v) is 9.02. The first-order valence-electron chi connectivity index (χ1n) is 12.4. The molecule has 3 rings (SSSR count). The lowest BCUT2D eigenvalue weighted by Crippen LogP contribution is -2.52. The summed E-state index contributed by atoms with van der Waals surface area (Å²) in [5.74, 6) is -0.917. The van der Waals surface area contributed by atoms with Crippen LogP contribution in [0.15, 0.2) is 82.2 Å². The van der Waals surface area contributed by atoms with Gasteiger partial charge in [-0.3, -0.25) is 13.9 Å². The molecule has 39 heavy (non-hydrogen) atoms. The summed E-state index contributed by atoms with van der Waals surface area (Å²) in [4.78, 5) is 28.6. The number of nitrogens with zero attached hydrogens (tertiary/aromatic N) is 2. The van der Waals surface area contributed by atoms with Crippen molar-refractivity contribution in [3.63, 3.8) is 0 Å². The lowest BCUT2D eigenvalue weighted by molar-refractivity contribution is -0.140. The smallest absolute Gasteiger partial charge is 0.264 e. The van der Waals surface area contributed by atoms with Gasteiger partial charge in [-0.05, 0) is 55.3 Å². The summed E-state index contributed by atoms with van der Waals surface area (Å²) in [6.07, 6.45) is 1.02. The molecular formula is C28H30BrCl2N3O4S. The number of sulfonamides is 1. The van der Waals surface area contributed by atoms with Crippen molar-refractivity contribution in [2.75, 3.05) is 17.4 Å². The van der Waals surface area contributed by atoms with Gasteiger partial charge >= 0.3 is 0 Å². The third kappa shape index (κ3) is 7.75. The topological polar surface area (TPSA) is 86.8 Å². The van der Waals surface area contributed by atoms with E-state index in [0.29, 0.717) is 38.7 Å². The first-order valence-corrected chi connectivity index (χ1v) is 15.4. The van der Waals surface area contributed by atoms with Gasteiger partial charge in [-0.1, -0.05) is 83.3 Å². The summed E-state index contributed by atoms with van der Waals surface area (Å²) < 4.78 is 29.3. The first-order chi connectivity index (χ1) is 18.6. The average molecular weight is 655 g/mol. The Labute approximate surface area is 248 Å². The molecule has 11 heteroatoms. The molecule has 3 aromatic rings. The average Bonchev–Trinajstić information content (AvgIpc) is 2.92. The van der Waals surface area contributed by atoms with E-state index >= 15 is 0 Å². The van der Waals surface area contributed by atoms with Gasteiger partial charge in [0.05, 0.1) is 10.6 Å². The van der Waals surface area contributed by atoms with Crippen molar-refractivity contribution in [3.8, 4) is 0 Å². The number of hydrogen-bond acceptors (Lipinski definition) is 4. The van der Waals surface area contributed by atoms with Gasteiger partial charge in [-0.2, -0.15) is 0 Å². The maximum absolute atomic E-state index is 14.0. The molecule has 3 aromatic carbocycles. The van der Waals surface area contributed by atoms with Gasteiger partial charge in [-0.25, -0.2) is 8.42 Å². The van der Waals surface area contributed by atoms with Crippen LogP contribution in [0.5, 0.6) is 0 Å². The van der Waals surface area contributed by atoms with E-state index < -0.39 is 28.5 Å². The molecule has 0 unspecified atom stereocenters. The van der Waals surface area contributed by atoms with E-state index in [1.807, 2.05) is 6.92 Å². The van der Waals surface area contributed by atoms with Crippen LogP contribution in [0.4, 0.5) is 5.69 Å². The summed E-state index contributed by atoms with van der Waals surface area (Å²) in [6, 6.07) is 18.7. The van der Waals surface area contributed by atoms with Gasteiger partial charge in [0.15, 0.2) is 0 Å². The predicted octanol–water partition coefficient (Wildman–Crippen LogP) is 6.28. The Morgan fingerprint density at radius 2 is 1.59 bits per heavy atom. The fourth-order valence-electron chi connectivity index (χ4n) is 4.02. The van der Waals surface area contributed by atoms with Crippen LogP contribution in [0, 0.1) is 0 Å². The molecule has 0 spiro atoms. The minimum absolute atomic E-state index is 0.0335. The van der Waals surface area contributed by atoms with Crippen LogP contribution in [0.1, 0.15) is 32.3 Å². The van der Waals surface area contributed by atoms with Crippen LogP contribution in [0.3, 0.4) is 0 Å². The van der Waals surface area contributed by atoms with Crippen LogP contribution in [-0.4, -0.2) is 44.3 Å². The molecule has 7 nitrogen and oxygen atoms in total. The van der Waals surface area contributed by atoms with E-state index in [1.54, 1.807) is 67.6 Å². The third-order valence-electron chi connectivity index (χ3n) is 6.03. The van der Waals surface area contributed by atoms with Gasteiger partial charge in [0.1, 0.15) is 12.6 Å². The van der Waals surface area contributed by atoms with Crippen LogP contribution in [0.2, 0.25) is 10.0 Å². The SMILES string of the molecule is CCCNC(=O)[C@H](CC)N(Cc1c(Cl)cccc1Cl)C(=O)CN(c1cccc(Br)c1)S(=O)(=O)c1ccccc1. The fourth-order valence-corrected chi connectivity index (χ4v) is 6.35. The van der Waals surface area contributed by atoms with Crippen molar-refractivity contribution in [2.45, 2.75) is 44.2 Å². The normalized spacial score (nSPS) is 12.0. The zero-order valence-corrected chi connectivity index (χ0v) is 25.5. The van der Waals surface area contributed by atoms with Crippen molar-refractivity contribution in [2.24, 2.45) is 0 Å². The van der Waals surface area contributed by atoms with E-state index in [-0.39, 0.29) is 17.3 Å². The predicted molar refractivity (Wildman–Crippen MR) is 160 cm³/mol. The zero-order valence-electron chi connectivity index (χ0n) is 21.6. The molecule has 0 saturated carbocycles. The largest absolute Gasteiger partial charge is 0.354 e. The lowest BCUT2D eigenvalue weighted by atomic mass is 10.1. The highest BCUT2D eigenvalue weighted by molar-refractivity contribution is 9.10. The Morgan fingerprint density at radius 1 is 0.949 bits per heavy atom. The second-order valence-corrected chi connectivity index (χ2v) is 12.3. The van der Waals surface area contributed by atoms with E-state index in [4.69, 9.17) is 23.2 Å². The van der Waals surface area contributed by atoms with E-state index in [2.05, 4.69) is 21.2 Å². The van der Waals surface area contributed by atoms with Crippen molar-refractivity contribution >= 4 is 66.7 Å². The Balaban J connectivity index is 2.08. The molecule has 0 radical (unpaired) electrons. The Morgan fingerprint density at radius 3 is 2.18 bits per heavy atom. The molecule has 0 heterocycles. The van der Waals surface area contributed by atoms with Crippen LogP contribution >= 0.6 is 39.1 Å². The molecule has 0 saturated heterocycles. The summed E-state index contributed by atoms with van der Waals surface area (Å²) in [5.41, 5.74) is 0.761. The number of hydrogen-bond donors (Lipinski definition) is 1. The lowest BCUT2D eigenvalue weighted by Gasteiger charge is -2.33. The maximum Gasteiger partial charge on any atom is 0.264 e. The molecule has 0 aliphatic rings. The second-order valence-electron chi connectivity index (χ2n) is 8.74. The van der Waals surface area contributed by atoms with Crippen molar-refractivity contribution in [3.05, 3.63) is 92.9 Å². The Kier molecular flexibility index (Phi) is 11.2. The first kappa shape index (κ1) is 30.9. The standard InChI is InChI=1S/C28H30BrCl2N3O4S/c1-3-16-32-28(36)26(4-2)33(18-23-24(30)14-9-15-25(23)31)27(35)19-34(21-11-8-10-20(29)17-21)39(37,38)22-12-6-5-7-13-22/h5-15,17,26H,3-4,16,18-19H2,1-2H3,(H,32,36)/t26-/m0/s1. The van der Waals surface area contributed by atoms with Gasteiger partial charge in [0.25, 0.3) is 10.0 Å². The van der Waals surface area contributed by atoms with Crippen molar-refractivity contribution in [1.29, 1.82) is 0 Å². The van der Waals surface area contributed by atoms with Crippen LogP contribution in [0.25, 0.3) is 0 Å². The van der Waals surface area contributed by atoms with Gasteiger partial charge in [0, 0.05) is 33.2 Å². The molecule has 0 aromatic heterocycles. The molecule has 0 bridgehead atoms. The van der Waals surface area contributed by atoms with Crippen molar-refractivity contribution < 1.29 is 18.0 Å². The molecule has 0 aliphatic heterocycles. The molecule has 1 atom stereocenters. The van der Waals surface area contributed by atoms with E-state index in [9.17, 15) is 18.0 Å². The summed E-state index contributed by atoms with van der Waals surface area (Å²) in [6.45, 7) is 3.53. The van der Waals surface area contributed by atoms with Gasteiger partial charge in [-0.15, -0.1) is 0 Å². The van der Waals surface area contributed by atoms with Gasteiger partial charge < -0.3 is 10.2 Å². The molecular weight excluding hydrogens is 625 g/mol. The molecule has 0 aliphatic carbocycles. The highest BCUT2D eigenvalue weighted by Crippen LogP contribution is 2.29. The minimum Gasteiger partial charge on any atom is -0.354 e. The fraction of sp³-hybridized carbons (Fsp3) is 0.286. The molecule has 0 fully saturated rings. The van der Waals surface area contributed by atoms with E-state index in [1.165, 1.54) is 17.0 Å². The summed E-state index contributed by atoms with van der Waals surface area (Å²) in [5, 5.41) is 3.52. The minimum atomic E-state index is -4.14. The second kappa shape index (κ2) is 14.2. The highest BCUT2D eigenvalue weighted by Gasteiger charge is 2.34. The number of carbonyl (C=O) groups is 2. The number of halogens is 3. The Bertz CT molecular complexity index is 1390. The number of benzene rings is 3. The quantitative estimate of drug-likeness (QED) is 0.249. The van der Waals surface area contributed by atoms with Gasteiger partial charge in [0.2, 0.25) is 11.8 Å². The number of rotatable bonds is 12. The number of carbonyl (C=O) groups excluding carboxylic acids is 2. The van der Waals surface area contributed by atoms with Crippen LogP contribution in [-0.2, 0) is 26.2 Å². The monoisotopic (exact) mass is 653 g/mol. The maximum atomic E-state index is 14.0. The highest BCUT2D eigenvalue weighted by atomic mass is 79.9. The summed E-state index contributed by atoms with van der Waals surface area (Å²) >= 11 is 16.2.